The SMILES string of the molecule is CCCNCCC(C)(C)CCc1cc(Cl)c(Br)cc1F. The van der Waals surface area contributed by atoms with Crippen LogP contribution >= 0.6 is 27.5 Å². The molecular formula is C16H24BrClFN. The molecule has 0 atom stereocenters. The highest BCUT2D eigenvalue weighted by Gasteiger charge is 2.18. The Hall–Kier alpha value is -0.120. The number of benzene rings is 1. The lowest BCUT2D eigenvalue weighted by atomic mass is 9.83. The fraction of sp³-hybridized carbons (Fsp3) is 0.625. The fourth-order valence-electron chi connectivity index (χ4n) is 2.08. The Bertz CT molecular complexity index is 435. The molecule has 114 valence electrons. The summed E-state index contributed by atoms with van der Waals surface area (Å²) in [6.07, 6.45) is 3.93. The summed E-state index contributed by atoms with van der Waals surface area (Å²) in [6, 6.07) is 3.18. The first-order chi connectivity index (χ1) is 9.35. The third-order valence-corrected chi connectivity index (χ3v) is 4.76. The average molecular weight is 365 g/mol. The van der Waals surface area contributed by atoms with Crippen molar-refractivity contribution >= 4 is 27.5 Å². The Morgan fingerprint density at radius 2 is 1.95 bits per heavy atom. The number of hydrogen-bond acceptors (Lipinski definition) is 1. The maximum absolute atomic E-state index is 13.9. The van der Waals surface area contributed by atoms with Crippen molar-refractivity contribution in [2.45, 2.75) is 46.5 Å². The van der Waals surface area contributed by atoms with Crippen LogP contribution < -0.4 is 5.32 Å². The van der Waals surface area contributed by atoms with Crippen molar-refractivity contribution in [2.24, 2.45) is 5.41 Å². The standard InChI is InChI=1S/C16H24BrClFN/c1-4-8-20-9-7-16(2,3)6-5-12-10-14(18)13(17)11-15(12)19/h10-11,20H,4-9H2,1-3H3. The van der Waals surface area contributed by atoms with Gasteiger partial charge in [-0.25, -0.2) is 4.39 Å². The molecule has 1 aromatic rings. The van der Waals surface area contributed by atoms with E-state index >= 15 is 0 Å². The van der Waals surface area contributed by atoms with Crippen LogP contribution in [0.3, 0.4) is 0 Å². The second-order valence-electron chi connectivity index (χ2n) is 6.02. The van der Waals surface area contributed by atoms with E-state index in [2.05, 4.69) is 42.0 Å². The zero-order valence-electron chi connectivity index (χ0n) is 12.5. The van der Waals surface area contributed by atoms with Gasteiger partial charge in [-0.2, -0.15) is 0 Å². The Kier molecular flexibility index (Phi) is 7.49. The molecule has 0 unspecified atom stereocenters. The van der Waals surface area contributed by atoms with E-state index in [1.165, 1.54) is 6.07 Å². The Labute approximate surface area is 135 Å². The van der Waals surface area contributed by atoms with Gasteiger partial charge in [0, 0.05) is 4.47 Å². The average Bonchev–Trinajstić information content (AvgIpc) is 2.37. The minimum Gasteiger partial charge on any atom is -0.317 e. The van der Waals surface area contributed by atoms with Crippen molar-refractivity contribution < 1.29 is 4.39 Å². The van der Waals surface area contributed by atoms with Gasteiger partial charge in [-0.3, -0.25) is 0 Å². The molecule has 0 heterocycles. The van der Waals surface area contributed by atoms with Gasteiger partial charge in [0.2, 0.25) is 0 Å². The fourth-order valence-corrected chi connectivity index (χ4v) is 2.58. The quantitative estimate of drug-likeness (QED) is 0.468. The van der Waals surface area contributed by atoms with Crippen molar-refractivity contribution in [3.05, 3.63) is 33.0 Å². The van der Waals surface area contributed by atoms with Gasteiger partial charge in [-0.1, -0.05) is 32.4 Å². The molecule has 0 saturated heterocycles. The Balaban J connectivity index is 2.51. The van der Waals surface area contributed by atoms with Crippen LogP contribution in [0.1, 0.15) is 45.6 Å². The summed E-state index contributed by atoms with van der Waals surface area (Å²) < 4.78 is 14.5. The van der Waals surface area contributed by atoms with Crippen molar-refractivity contribution in [1.82, 2.24) is 5.32 Å². The molecule has 1 aromatic carbocycles. The van der Waals surface area contributed by atoms with Crippen LogP contribution in [0.2, 0.25) is 5.02 Å². The van der Waals surface area contributed by atoms with E-state index in [0.717, 1.165) is 38.8 Å². The number of halogens is 3. The van der Waals surface area contributed by atoms with Gasteiger partial charge < -0.3 is 5.32 Å². The van der Waals surface area contributed by atoms with E-state index in [0.29, 0.717) is 15.1 Å². The van der Waals surface area contributed by atoms with Gasteiger partial charge in [-0.05, 0) is 77.8 Å². The van der Waals surface area contributed by atoms with Crippen molar-refractivity contribution in [3.63, 3.8) is 0 Å². The Morgan fingerprint density at radius 3 is 2.60 bits per heavy atom. The number of hydrogen-bond donors (Lipinski definition) is 1. The lowest BCUT2D eigenvalue weighted by Crippen LogP contribution is -2.23. The molecule has 20 heavy (non-hydrogen) atoms. The summed E-state index contributed by atoms with van der Waals surface area (Å²) in [5, 5.41) is 3.99. The van der Waals surface area contributed by atoms with Crippen molar-refractivity contribution in [2.75, 3.05) is 13.1 Å². The minimum atomic E-state index is -0.179. The largest absolute Gasteiger partial charge is 0.317 e. The molecule has 1 rings (SSSR count). The van der Waals surface area contributed by atoms with Crippen LogP contribution in [-0.4, -0.2) is 13.1 Å². The molecule has 0 aliphatic carbocycles. The van der Waals surface area contributed by atoms with Gasteiger partial charge in [0.1, 0.15) is 5.82 Å². The molecule has 0 aliphatic heterocycles. The smallest absolute Gasteiger partial charge is 0.127 e. The van der Waals surface area contributed by atoms with Crippen LogP contribution in [-0.2, 0) is 6.42 Å². The minimum absolute atomic E-state index is 0.179. The molecule has 0 spiro atoms. The highest BCUT2D eigenvalue weighted by Crippen LogP contribution is 2.30. The molecule has 0 fully saturated rings. The summed E-state index contributed by atoms with van der Waals surface area (Å²) >= 11 is 9.27. The summed E-state index contributed by atoms with van der Waals surface area (Å²) in [5.74, 6) is -0.179. The second kappa shape index (κ2) is 8.35. The summed E-state index contributed by atoms with van der Waals surface area (Å²) in [7, 11) is 0. The predicted octanol–water partition coefficient (Wildman–Crippen LogP) is 5.59. The van der Waals surface area contributed by atoms with E-state index in [1.807, 2.05) is 0 Å². The highest BCUT2D eigenvalue weighted by atomic mass is 79.9. The third kappa shape index (κ3) is 6.11. The first kappa shape index (κ1) is 17.9. The normalized spacial score (nSPS) is 11.9. The highest BCUT2D eigenvalue weighted by molar-refractivity contribution is 9.10. The molecule has 0 amide bonds. The topological polar surface area (TPSA) is 12.0 Å². The third-order valence-electron chi connectivity index (χ3n) is 3.57. The van der Waals surface area contributed by atoms with Crippen LogP contribution in [0.5, 0.6) is 0 Å². The van der Waals surface area contributed by atoms with Gasteiger partial charge in [0.15, 0.2) is 0 Å². The van der Waals surface area contributed by atoms with Crippen LogP contribution in [0.15, 0.2) is 16.6 Å². The molecule has 1 nitrogen and oxygen atoms in total. The number of nitrogens with one attached hydrogen (secondary N) is 1. The van der Waals surface area contributed by atoms with Gasteiger partial charge in [0.05, 0.1) is 5.02 Å². The van der Waals surface area contributed by atoms with Gasteiger partial charge >= 0.3 is 0 Å². The molecule has 0 saturated carbocycles. The monoisotopic (exact) mass is 363 g/mol. The first-order valence-electron chi connectivity index (χ1n) is 7.20. The molecule has 0 radical (unpaired) electrons. The first-order valence-corrected chi connectivity index (χ1v) is 8.37. The van der Waals surface area contributed by atoms with Crippen LogP contribution in [0.4, 0.5) is 4.39 Å². The molecule has 4 heteroatoms. The van der Waals surface area contributed by atoms with Gasteiger partial charge in [-0.15, -0.1) is 0 Å². The molecule has 0 aromatic heterocycles. The predicted molar refractivity (Wildman–Crippen MR) is 89.0 cm³/mol. The zero-order valence-corrected chi connectivity index (χ0v) is 14.9. The van der Waals surface area contributed by atoms with E-state index in [4.69, 9.17) is 11.6 Å². The van der Waals surface area contributed by atoms with Gasteiger partial charge in [0.25, 0.3) is 0 Å². The van der Waals surface area contributed by atoms with Crippen LogP contribution in [0.25, 0.3) is 0 Å². The lowest BCUT2D eigenvalue weighted by molar-refractivity contribution is 0.301. The maximum atomic E-state index is 13.9. The van der Waals surface area contributed by atoms with E-state index in [9.17, 15) is 4.39 Å². The van der Waals surface area contributed by atoms with E-state index in [-0.39, 0.29) is 11.2 Å². The molecule has 0 aliphatic rings. The molecule has 0 bridgehead atoms. The number of aryl methyl sites for hydroxylation is 1. The van der Waals surface area contributed by atoms with E-state index in [1.54, 1.807) is 6.07 Å². The summed E-state index contributed by atoms with van der Waals surface area (Å²) in [6.45, 7) is 8.72. The number of rotatable bonds is 8. The van der Waals surface area contributed by atoms with Crippen molar-refractivity contribution in [3.8, 4) is 0 Å². The van der Waals surface area contributed by atoms with E-state index < -0.39 is 0 Å². The van der Waals surface area contributed by atoms with Crippen molar-refractivity contribution in [1.29, 1.82) is 0 Å². The molecular weight excluding hydrogens is 341 g/mol. The lowest BCUT2D eigenvalue weighted by Gasteiger charge is -2.25. The molecule has 1 N–H and O–H groups in total. The Morgan fingerprint density at radius 1 is 1.25 bits per heavy atom. The summed E-state index contributed by atoms with van der Waals surface area (Å²) in [4.78, 5) is 0. The zero-order chi connectivity index (χ0) is 15.2. The summed E-state index contributed by atoms with van der Waals surface area (Å²) in [5.41, 5.74) is 0.903. The second-order valence-corrected chi connectivity index (χ2v) is 7.28. The maximum Gasteiger partial charge on any atom is 0.127 e. The van der Waals surface area contributed by atoms with Crippen LogP contribution in [0, 0.1) is 11.2 Å².